The van der Waals surface area contributed by atoms with Crippen LogP contribution in [0.15, 0.2) is 41.2 Å². The maximum Gasteiger partial charge on any atom is 0.341 e. The van der Waals surface area contributed by atoms with Crippen molar-refractivity contribution in [3.63, 3.8) is 0 Å². The number of carbonyl (C=O) groups is 1. The fourth-order valence-corrected chi connectivity index (χ4v) is 4.04. The van der Waals surface area contributed by atoms with Crippen LogP contribution in [0, 0.1) is 0 Å². The maximum atomic E-state index is 11.7. The molecule has 2 aliphatic rings. The number of nitrogens with zero attached hydrogens (tertiary/aromatic N) is 5. The number of hydrogen-bond acceptors (Lipinski definition) is 8. The van der Waals surface area contributed by atoms with E-state index in [1.807, 2.05) is 24.3 Å². The van der Waals surface area contributed by atoms with Gasteiger partial charge in [-0.15, -0.1) is 0 Å². The Labute approximate surface area is 155 Å². The molecule has 3 aromatic rings. The molecule has 1 aromatic carbocycles. The first-order chi connectivity index (χ1) is 13.2. The lowest BCUT2D eigenvalue weighted by atomic mass is 10.2. The Bertz CT molecular complexity index is 986. The van der Waals surface area contributed by atoms with Crippen LogP contribution in [0.5, 0.6) is 0 Å². The smallest absolute Gasteiger partial charge is 0.341 e. The zero-order chi connectivity index (χ0) is 18.4. The topological polar surface area (TPSA) is 84.6 Å². The van der Waals surface area contributed by atoms with Gasteiger partial charge in [0, 0.05) is 25.5 Å². The first-order valence-corrected chi connectivity index (χ1v) is 9.11. The number of aromatic nitrogens is 3. The van der Waals surface area contributed by atoms with Crippen LogP contribution in [0.4, 0.5) is 11.8 Å². The quantitative estimate of drug-likeness (QED) is 0.651. The average molecular weight is 365 g/mol. The molecule has 0 N–H and O–H groups in total. The van der Waals surface area contributed by atoms with Gasteiger partial charge < -0.3 is 19.1 Å². The Morgan fingerprint density at radius 3 is 2.67 bits per heavy atom. The molecule has 0 aliphatic carbocycles. The highest BCUT2D eigenvalue weighted by Crippen LogP contribution is 2.38. The molecule has 2 aromatic heterocycles. The van der Waals surface area contributed by atoms with E-state index >= 15 is 0 Å². The second kappa shape index (κ2) is 6.22. The van der Waals surface area contributed by atoms with E-state index in [0.29, 0.717) is 30.2 Å². The van der Waals surface area contributed by atoms with Gasteiger partial charge in [0.05, 0.1) is 29.6 Å². The van der Waals surface area contributed by atoms with Crippen LogP contribution in [0.1, 0.15) is 23.7 Å². The second-order valence-corrected chi connectivity index (χ2v) is 6.84. The molecule has 138 valence electrons. The number of benzene rings is 1. The molecule has 4 heterocycles. The summed E-state index contributed by atoms with van der Waals surface area (Å²) in [4.78, 5) is 25.0. The number of esters is 1. The molecule has 0 spiro atoms. The number of hydrogen-bond donors (Lipinski definition) is 0. The molecule has 27 heavy (non-hydrogen) atoms. The third-order valence-corrected chi connectivity index (χ3v) is 5.28. The van der Waals surface area contributed by atoms with E-state index < -0.39 is 5.97 Å². The lowest BCUT2D eigenvalue weighted by Crippen LogP contribution is -2.47. The first kappa shape index (κ1) is 16.0. The number of rotatable bonds is 4. The summed E-state index contributed by atoms with van der Waals surface area (Å²) in [5, 5.41) is 5.34. The maximum absolute atomic E-state index is 11.7. The van der Waals surface area contributed by atoms with Crippen LogP contribution < -0.4 is 9.80 Å². The number of anilines is 2. The predicted molar refractivity (Wildman–Crippen MR) is 98.9 cm³/mol. The minimum Gasteiger partial charge on any atom is -0.462 e. The summed E-state index contributed by atoms with van der Waals surface area (Å²) in [5.41, 5.74) is 1.19. The number of piperazine rings is 1. The monoisotopic (exact) mass is 365 g/mol. The summed E-state index contributed by atoms with van der Waals surface area (Å²) in [6.45, 7) is 3.79. The zero-order valence-corrected chi connectivity index (χ0v) is 14.9. The van der Waals surface area contributed by atoms with Crippen molar-refractivity contribution in [1.82, 2.24) is 15.1 Å². The van der Waals surface area contributed by atoms with Gasteiger partial charge in [0.2, 0.25) is 5.95 Å². The molecule has 2 aliphatic heterocycles. The van der Waals surface area contributed by atoms with Gasteiger partial charge in [0.1, 0.15) is 0 Å². The van der Waals surface area contributed by atoms with E-state index in [-0.39, 0.29) is 0 Å². The van der Waals surface area contributed by atoms with Crippen molar-refractivity contribution in [2.45, 2.75) is 25.4 Å². The third-order valence-electron chi connectivity index (χ3n) is 5.28. The molecule has 0 saturated carbocycles. The van der Waals surface area contributed by atoms with Gasteiger partial charge >= 0.3 is 5.97 Å². The number of ether oxygens (including phenoxy) is 1. The fourth-order valence-electron chi connectivity index (χ4n) is 4.04. The van der Waals surface area contributed by atoms with Gasteiger partial charge in [0.25, 0.3) is 0 Å². The highest BCUT2D eigenvalue weighted by Gasteiger charge is 2.45. The molecular weight excluding hydrogens is 346 g/mol. The van der Waals surface area contributed by atoms with E-state index in [9.17, 15) is 4.79 Å². The Balaban J connectivity index is 1.33. The first-order valence-electron chi connectivity index (χ1n) is 9.11. The Morgan fingerprint density at radius 2 is 1.93 bits per heavy atom. The molecule has 2 bridgehead atoms. The van der Waals surface area contributed by atoms with Crippen molar-refractivity contribution in [2.24, 2.45) is 0 Å². The Kier molecular flexibility index (Phi) is 3.70. The number of carbonyl (C=O) groups excluding carboxylic acids is 1. The van der Waals surface area contributed by atoms with Crippen molar-refractivity contribution >= 4 is 28.7 Å². The van der Waals surface area contributed by atoms with Crippen LogP contribution in [0.3, 0.4) is 0 Å². The molecule has 8 heteroatoms. The SMILES string of the molecule is CCOC(=O)c1cnc(N2CC3CC2CN3c2noc3ccccc23)nc1. The van der Waals surface area contributed by atoms with Crippen LogP contribution in [0.25, 0.3) is 11.0 Å². The van der Waals surface area contributed by atoms with Gasteiger partial charge in [-0.05, 0) is 25.5 Å². The molecule has 5 rings (SSSR count). The minimum atomic E-state index is -0.393. The average Bonchev–Trinajstić information content (AvgIpc) is 3.41. The lowest BCUT2D eigenvalue weighted by molar-refractivity contribution is 0.0525. The number of fused-ring (bicyclic) bond motifs is 3. The lowest BCUT2D eigenvalue weighted by Gasteiger charge is -2.34. The molecule has 2 atom stereocenters. The molecule has 0 radical (unpaired) electrons. The summed E-state index contributed by atoms with van der Waals surface area (Å²) in [6, 6.07) is 8.60. The van der Waals surface area contributed by atoms with E-state index in [0.717, 1.165) is 36.3 Å². The summed E-state index contributed by atoms with van der Waals surface area (Å²) in [6.07, 6.45) is 4.11. The molecule has 0 amide bonds. The Hall–Kier alpha value is -3.16. The zero-order valence-electron chi connectivity index (χ0n) is 14.9. The second-order valence-electron chi connectivity index (χ2n) is 6.84. The van der Waals surface area contributed by atoms with Crippen molar-refractivity contribution in [3.05, 3.63) is 42.2 Å². The molecule has 8 nitrogen and oxygen atoms in total. The van der Waals surface area contributed by atoms with E-state index in [1.165, 1.54) is 12.4 Å². The van der Waals surface area contributed by atoms with Crippen molar-refractivity contribution in [3.8, 4) is 0 Å². The van der Waals surface area contributed by atoms with Crippen LogP contribution in [-0.4, -0.2) is 52.9 Å². The van der Waals surface area contributed by atoms with Crippen molar-refractivity contribution < 1.29 is 14.1 Å². The standard InChI is InChI=1S/C19H19N5O3/c1-2-26-18(25)12-8-20-19(21-9-12)24-11-13-7-14(24)10-23(13)17-15-5-3-4-6-16(15)27-22-17/h3-6,8-9,13-14H,2,7,10-11H2,1H3. The van der Waals surface area contributed by atoms with Crippen molar-refractivity contribution in [1.29, 1.82) is 0 Å². The Morgan fingerprint density at radius 1 is 1.19 bits per heavy atom. The summed E-state index contributed by atoms with van der Waals surface area (Å²) >= 11 is 0. The van der Waals surface area contributed by atoms with Gasteiger partial charge in [-0.2, -0.15) is 0 Å². The molecule has 2 saturated heterocycles. The molecular formula is C19H19N5O3. The molecule has 2 fully saturated rings. The third kappa shape index (κ3) is 2.59. The van der Waals surface area contributed by atoms with E-state index in [4.69, 9.17) is 9.26 Å². The minimum absolute atomic E-state index is 0.318. The van der Waals surface area contributed by atoms with Gasteiger partial charge in [-0.1, -0.05) is 17.3 Å². The highest BCUT2D eigenvalue weighted by molar-refractivity contribution is 5.89. The summed E-state index contributed by atoms with van der Waals surface area (Å²) < 4.78 is 10.4. The largest absolute Gasteiger partial charge is 0.462 e. The fraction of sp³-hybridized carbons (Fsp3) is 0.368. The normalized spacial score (nSPS) is 21.2. The predicted octanol–water partition coefficient (Wildman–Crippen LogP) is 2.26. The summed E-state index contributed by atoms with van der Waals surface area (Å²) in [5.74, 6) is 1.17. The van der Waals surface area contributed by atoms with Crippen LogP contribution in [0.2, 0.25) is 0 Å². The highest BCUT2D eigenvalue weighted by atomic mass is 16.5. The van der Waals surface area contributed by atoms with Gasteiger partial charge in [-0.25, -0.2) is 14.8 Å². The van der Waals surface area contributed by atoms with E-state index in [2.05, 4.69) is 24.9 Å². The van der Waals surface area contributed by atoms with E-state index in [1.54, 1.807) is 6.92 Å². The number of para-hydroxylation sites is 1. The van der Waals surface area contributed by atoms with Crippen LogP contribution in [-0.2, 0) is 4.74 Å². The van der Waals surface area contributed by atoms with Gasteiger partial charge in [-0.3, -0.25) is 0 Å². The summed E-state index contributed by atoms with van der Waals surface area (Å²) in [7, 11) is 0. The molecule has 2 unspecified atom stereocenters. The van der Waals surface area contributed by atoms with Crippen molar-refractivity contribution in [2.75, 3.05) is 29.5 Å². The van der Waals surface area contributed by atoms with Crippen LogP contribution >= 0.6 is 0 Å². The van der Waals surface area contributed by atoms with Gasteiger partial charge in [0.15, 0.2) is 11.4 Å².